The van der Waals surface area contributed by atoms with Crippen LogP contribution in [0.3, 0.4) is 0 Å². The van der Waals surface area contributed by atoms with Gasteiger partial charge in [0.2, 0.25) is 5.95 Å². The number of carboxylic acids is 1. The van der Waals surface area contributed by atoms with Crippen LogP contribution in [0.15, 0.2) is 42.5 Å². The average Bonchev–Trinajstić information content (AvgIpc) is 3.04. The Labute approximate surface area is 178 Å². The molecular weight excluding hydrogens is 374 g/mol. The van der Waals surface area contributed by atoms with E-state index in [-0.39, 0.29) is 11.0 Å². The fourth-order valence-corrected chi connectivity index (χ4v) is 5.13. The maximum atomic E-state index is 11.5. The quantitative estimate of drug-likeness (QED) is 0.513. The van der Waals surface area contributed by atoms with Gasteiger partial charge in [0.15, 0.2) is 0 Å². The molecule has 1 aliphatic carbocycles. The molecule has 0 amide bonds. The number of fused-ring (bicyclic) bond motifs is 1. The summed E-state index contributed by atoms with van der Waals surface area (Å²) in [5, 5.41) is 12.9. The Morgan fingerprint density at radius 2 is 1.93 bits per heavy atom. The molecule has 2 N–H and O–H groups in total. The minimum Gasteiger partial charge on any atom is -0.478 e. The number of aryl methyl sites for hydroxylation is 1. The summed E-state index contributed by atoms with van der Waals surface area (Å²) in [7, 11) is 0. The molecule has 2 aromatic carbocycles. The van der Waals surface area contributed by atoms with Gasteiger partial charge in [-0.25, -0.2) is 9.78 Å². The summed E-state index contributed by atoms with van der Waals surface area (Å²) in [5.74, 6) is 0.487. The fraction of sp³-hybridized carbons (Fsp3) is 0.440. The molecule has 30 heavy (non-hydrogen) atoms. The number of nitrogens with one attached hydrogen (secondary N) is 1. The third kappa shape index (κ3) is 4.07. The number of carbonyl (C=O) groups is 1. The molecule has 1 saturated carbocycles. The molecule has 0 radical (unpaired) electrons. The van der Waals surface area contributed by atoms with Gasteiger partial charge < -0.3 is 15.0 Å². The van der Waals surface area contributed by atoms with Gasteiger partial charge in [-0.15, -0.1) is 0 Å². The monoisotopic (exact) mass is 405 g/mol. The summed E-state index contributed by atoms with van der Waals surface area (Å²) in [6, 6.07) is 14.0. The zero-order chi connectivity index (χ0) is 21.5. The first-order valence-corrected chi connectivity index (χ1v) is 10.9. The molecule has 0 unspecified atom stereocenters. The van der Waals surface area contributed by atoms with Gasteiger partial charge in [0, 0.05) is 11.7 Å². The molecular formula is C25H31N3O2. The van der Waals surface area contributed by atoms with E-state index in [2.05, 4.69) is 61.8 Å². The predicted molar refractivity (Wildman–Crippen MR) is 122 cm³/mol. The molecule has 5 nitrogen and oxygen atoms in total. The average molecular weight is 406 g/mol. The molecule has 3 aromatic rings. The van der Waals surface area contributed by atoms with Crippen LogP contribution in [-0.2, 0) is 6.42 Å². The lowest BCUT2D eigenvalue weighted by Gasteiger charge is -2.40. The Morgan fingerprint density at radius 1 is 1.20 bits per heavy atom. The van der Waals surface area contributed by atoms with Crippen LogP contribution in [0.4, 0.5) is 11.6 Å². The summed E-state index contributed by atoms with van der Waals surface area (Å²) in [4.78, 5) is 16.3. The molecule has 4 rings (SSSR count). The van der Waals surface area contributed by atoms with Crippen molar-refractivity contribution in [1.29, 1.82) is 0 Å². The van der Waals surface area contributed by atoms with Crippen molar-refractivity contribution in [3.63, 3.8) is 0 Å². The smallest absolute Gasteiger partial charge is 0.335 e. The molecule has 158 valence electrons. The van der Waals surface area contributed by atoms with Crippen molar-refractivity contribution in [2.24, 2.45) is 11.3 Å². The van der Waals surface area contributed by atoms with Gasteiger partial charge in [0.25, 0.3) is 0 Å². The van der Waals surface area contributed by atoms with Gasteiger partial charge in [-0.2, -0.15) is 0 Å². The fourth-order valence-electron chi connectivity index (χ4n) is 5.13. The number of carboxylic acid groups (broad SMARTS) is 1. The van der Waals surface area contributed by atoms with Crippen LogP contribution in [-0.4, -0.2) is 20.6 Å². The van der Waals surface area contributed by atoms with Gasteiger partial charge in [0.1, 0.15) is 0 Å². The molecule has 2 atom stereocenters. The van der Waals surface area contributed by atoms with Gasteiger partial charge in [-0.05, 0) is 72.9 Å². The molecule has 0 bridgehead atoms. The number of imidazole rings is 1. The number of benzene rings is 2. The van der Waals surface area contributed by atoms with E-state index in [0.717, 1.165) is 41.9 Å². The van der Waals surface area contributed by atoms with Gasteiger partial charge in [-0.3, -0.25) is 0 Å². The highest BCUT2D eigenvalue weighted by Gasteiger charge is 2.34. The molecule has 1 aromatic heterocycles. The van der Waals surface area contributed by atoms with Gasteiger partial charge >= 0.3 is 5.97 Å². The number of hydrogen-bond acceptors (Lipinski definition) is 3. The van der Waals surface area contributed by atoms with Crippen LogP contribution in [0.25, 0.3) is 11.0 Å². The van der Waals surface area contributed by atoms with Crippen molar-refractivity contribution in [2.75, 3.05) is 5.32 Å². The Kier molecular flexibility index (Phi) is 5.31. The molecule has 1 heterocycles. The van der Waals surface area contributed by atoms with Gasteiger partial charge in [-0.1, -0.05) is 39.8 Å². The van der Waals surface area contributed by atoms with Crippen molar-refractivity contribution in [1.82, 2.24) is 9.55 Å². The summed E-state index contributed by atoms with van der Waals surface area (Å²) < 4.78 is 2.30. The highest BCUT2D eigenvalue weighted by Crippen LogP contribution is 2.46. The lowest BCUT2D eigenvalue weighted by atomic mass is 9.70. The Morgan fingerprint density at radius 3 is 2.57 bits per heavy atom. The highest BCUT2D eigenvalue weighted by atomic mass is 16.4. The number of aromatic carboxylic acids is 1. The Hall–Kier alpha value is -2.82. The normalized spacial score (nSPS) is 20.9. The SMILES string of the molecule is CCc1ccc(Nc2nc3cc(C(=O)O)ccc3n2[C@@H]2C[C@H](C)CC(C)(C)C2)cc1. The summed E-state index contributed by atoms with van der Waals surface area (Å²) >= 11 is 0. The van der Waals surface area contributed by atoms with E-state index in [1.54, 1.807) is 12.1 Å². The van der Waals surface area contributed by atoms with E-state index in [4.69, 9.17) is 4.98 Å². The van der Waals surface area contributed by atoms with E-state index in [1.165, 1.54) is 12.0 Å². The van der Waals surface area contributed by atoms with Crippen molar-refractivity contribution in [3.8, 4) is 0 Å². The maximum Gasteiger partial charge on any atom is 0.335 e. The Bertz CT molecular complexity index is 1070. The topological polar surface area (TPSA) is 67.2 Å². The molecule has 0 aliphatic heterocycles. The predicted octanol–water partition coefficient (Wildman–Crippen LogP) is 6.43. The number of aromatic nitrogens is 2. The maximum absolute atomic E-state index is 11.5. The van der Waals surface area contributed by atoms with Gasteiger partial charge in [0.05, 0.1) is 16.6 Å². The third-order valence-corrected chi connectivity index (χ3v) is 6.28. The van der Waals surface area contributed by atoms with Crippen molar-refractivity contribution >= 4 is 28.6 Å². The number of nitrogens with zero attached hydrogens (tertiary/aromatic N) is 2. The second-order valence-corrected chi connectivity index (χ2v) is 9.56. The lowest BCUT2D eigenvalue weighted by Crippen LogP contribution is -2.29. The summed E-state index contributed by atoms with van der Waals surface area (Å²) in [6.07, 6.45) is 4.40. The van der Waals surface area contributed by atoms with E-state index < -0.39 is 5.97 Å². The van der Waals surface area contributed by atoms with E-state index in [0.29, 0.717) is 12.0 Å². The van der Waals surface area contributed by atoms with Crippen LogP contribution in [0.2, 0.25) is 0 Å². The van der Waals surface area contributed by atoms with Crippen molar-refractivity contribution in [3.05, 3.63) is 53.6 Å². The minimum absolute atomic E-state index is 0.264. The summed E-state index contributed by atoms with van der Waals surface area (Å²) in [6.45, 7) is 9.15. The van der Waals surface area contributed by atoms with Crippen LogP contribution in [0.5, 0.6) is 0 Å². The molecule has 1 fully saturated rings. The molecule has 5 heteroatoms. The molecule has 1 aliphatic rings. The van der Waals surface area contributed by atoms with E-state index >= 15 is 0 Å². The standard InChI is InChI=1S/C25H31N3O2/c1-5-17-6-9-19(10-7-17)26-24-27-21-13-18(23(29)30)8-11-22(21)28(24)20-12-16(2)14-25(3,4)15-20/h6-11,13,16,20H,5,12,14-15H2,1-4H3,(H,26,27)(H,29,30)/t16-,20+/m0/s1. The zero-order valence-electron chi connectivity index (χ0n) is 18.3. The van der Waals surface area contributed by atoms with Crippen LogP contribution >= 0.6 is 0 Å². The second-order valence-electron chi connectivity index (χ2n) is 9.56. The first-order chi connectivity index (χ1) is 14.3. The van der Waals surface area contributed by atoms with Crippen LogP contribution in [0, 0.1) is 11.3 Å². The van der Waals surface area contributed by atoms with E-state index in [1.807, 2.05) is 6.07 Å². The van der Waals surface area contributed by atoms with Crippen LogP contribution < -0.4 is 5.32 Å². The van der Waals surface area contributed by atoms with Crippen molar-refractivity contribution < 1.29 is 9.90 Å². The largest absolute Gasteiger partial charge is 0.478 e. The number of rotatable bonds is 5. The first-order valence-electron chi connectivity index (χ1n) is 10.9. The minimum atomic E-state index is -0.927. The molecule has 0 spiro atoms. The third-order valence-electron chi connectivity index (χ3n) is 6.28. The number of anilines is 2. The molecule has 0 saturated heterocycles. The Balaban J connectivity index is 1.80. The van der Waals surface area contributed by atoms with E-state index in [9.17, 15) is 9.90 Å². The van der Waals surface area contributed by atoms with Crippen molar-refractivity contribution in [2.45, 2.75) is 59.4 Å². The summed E-state index contributed by atoms with van der Waals surface area (Å²) in [5.41, 5.74) is 4.53. The van der Waals surface area contributed by atoms with Crippen LogP contribution in [0.1, 0.15) is 68.9 Å². The first kappa shape index (κ1) is 20.5. The lowest BCUT2D eigenvalue weighted by molar-refractivity contribution is 0.0697. The number of hydrogen-bond donors (Lipinski definition) is 2. The highest BCUT2D eigenvalue weighted by molar-refractivity contribution is 5.93. The zero-order valence-corrected chi connectivity index (χ0v) is 18.3. The second kappa shape index (κ2) is 7.78.